The first-order valence-electron chi connectivity index (χ1n) is 7.91. The van der Waals surface area contributed by atoms with Gasteiger partial charge in [0, 0.05) is 30.1 Å². The molecule has 0 fully saturated rings. The van der Waals surface area contributed by atoms with Crippen LogP contribution in [0, 0.1) is 0 Å². The first-order valence-corrected chi connectivity index (χ1v) is 7.91. The van der Waals surface area contributed by atoms with Crippen LogP contribution in [-0.2, 0) is 13.0 Å². The maximum absolute atomic E-state index is 11.4. The number of nitrogens with zero attached hydrogens (tertiary/aromatic N) is 3. The Balaban J connectivity index is 1.93. The number of H-pyrrole nitrogens is 1. The van der Waals surface area contributed by atoms with E-state index in [1.54, 1.807) is 4.68 Å². The third kappa shape index (κ3) is 3.11. The summed E-state index contributed by atoms with van der Waals surface area (Å²) in [6.07, 6.45) is 5.61. The van der Waals surface area contributed by atoms with E-state index >= 15 is 0 Å². The number of hydrogen-bond donors (Lipinski definition) is 2. The van der Waals surface area contributed by atoms with Crippen LogP contribution >= 0.6 is 0 Å². The van der Waals surface area contributed by atoms with Gasteiger partial charge in [-0.3, -0.25) is 0 Å². The van der Waals surface area contributed by atoms with Crippen LogP contribution in [0.25, 0.3) is 10.9 Å². The molecule has 0 radical (unpaired) electrons. The molecule has 23 heavy (non-hydrogen) atoms. The van der Waals surface area contributed by atoms with Gasteiger partial charge in [0.1, 0.15) is 0 Å². The average molecular weight is 312 g/mol. The zero-order valence-electron chi connectivity index (χ0n) is 13.1. The van der Waals surface area contributed by atoms with E-state index in [-0.39, 0.29) is 5.69 Å². The number of aryl methyl sites for hydroxylation is 1. The normalized spacial score (nSPS) is 11.2. The number of para-hydroxylation sites is 1. The van der Waals surface area contributed by atoms with Crippen molar-refractivity contribution >= 4 is 16.9 Å². The molecule has 0 aliphatic carbocycles. The lowest BCUT2D eigenvalue weighted by Gasteiger charge is -2.06. The van der Waals surface area contributed by atoms with Gasteiger partial charge in [0.25, 0.3) is 0 Å². The van der Waals surface area contributed by atoms with Crippen molar-refractivity contribution in [2.45, 2.75) is 39.2 Å². The Hall–Kier alpha value is -2.63. The molecule has 120 valence electrons. The van der Waals surface area contributed by atoms with E-state index < -0.39 is 5.97 Å². The molecular weight excluding hydrogens is 292 g/mol. The second-order valence-electron chi connectivity index (χ2n) is 5.66. The summed E-state index contributed by atoms with van der Waals surface area (Å²) in [5.74, 6) is -1.03. The Morgan fingerprint density at radius 1 is 1.30 bits per heavy atom. The summed E-state index contributed by atoms with van der Waals surface area (Å²) in [6, 6.07) is 8.00. The Labute approximate surface area is 134 Å². The number of aromatic amines is 1. The van der Waals surface area contributed by atoms with Gasteiger partial charge >= 0.3 is 5.97 Å². The minimum Gasteiger partial charge on any atom is -0.476 e. The molecule has 3 aromatic rings. The van der Waals surface area contributed by atoms with Gasteiger partial charge in [-0.05, 0) is 18.1 Å². The van der Waals surface area contributed by atoms with Crippen LogP contribution < -0.4 is 0 Å². The number of hydrogen-bond acceptors (Lipinski definition) is 3. The fraction of sp³-hybridized carbons (Fsp3) is 0.353. The number of aromatic carboxylic acids is 1. The first kappa shape index (κ1) is 15.3. The standard InChI is InChI=1S/C17H20N4O2/c1-2-3-6-9-21-15(16(17(22)23)19-20-21)10-12-11-18-14-8-5-4-7-13(12)14/h4-5,7-8,11,18H,2-3,6,9-10H2,1H3,(H,22,23). The molecular formula is C17H20N4O2. The number of nitrogens with one attached hydrogen (secondary N) is 1. The molecule has 2 N–H and O–H groups in total. The van der Waals surface area contributed by atoms with Crippen LogP contribution in [0.1, 0.15) is 47.9 Å². The number of carbonyl (C=O) groups is 1. The second kappa shape index (κ2) is 6.64. The molecule has 3 rings (SSSR count). The van der Waals surface area contributed by atoms with Crippen molar-refractivity contribution in [2.75, 3.05) is 0 Å². The van der Waals surface area contributed by atoms with Crippen LogP contribution in [0.3, 0.4) is 0 Å². The van der Waals surface area contributed by atoms with Gasteiger partial charge in [-0.25, -0.2) is 9.48 Å². The lowest BCUT2D eigenvalue weighted by molar-refractivity contribution is 0.0689. The number of aromatic nitrogens is 4. The molecule has 0 atom stereocenters. The van der Waals surface area contributed by atoms with E-state index in [2.05, 4.69) is 22.2 Å². The predicted molar refractivity (Wildman–Crippen MR) is 87.6 cm³/mol. The molecule has 0 saturated heterocycles. The van der Waals surface area contributed by atoms with Gasteiger partial charge in [0.15, 0.2) is 5.69 Å². The summed E-state index contributed by atoms with van der Waals surface area (Å²) in [5, 5.41) is 18.4. The van der Waals surface area contributed by atoms with E-state index in [4.69, 9.17) is 0 Å². The van der Waals surface area contributed by atoms with E-state index in [0.717, 1.165) is 35.7 Å². The molecule has 0 aliphatic heterocycles. The third-order valence-corrected chi connectivity index (χ3v) is 4.05. The van der Waals surface area contributed by atoms with Crippen molar-refractivity contribution in [3.63, 3.8) is 0 Å². The molecule has 1 aromatic carbocycles. The molecule has 0 amide bonds. The molecule has 0 saturated carbocycles. The Bertz CT molecular complexity index is 819. The van der Waals surface area contributed by atoms with Crippen molar-refractivity contribution in [3.05, 3.63) is 47.4 Å². The quantitative estimate of drug-likeness (QED) is 0.656. The highest BCUT2D eigenvalue weighted by molar-refractivity contribution is 5.87. The van der Waals surface area contributed by atoms with E-state index in [9.17, 15) is 9.90 Å². The van der Waals surface area contributed by atoms with Gasteiger partial charge in [0.2, 0.25) is 0 Å². The Morgan fingerprint density at radius 3 is 2.91 bits per heavy atom. The second-order valence-corrected chi connectivity index (χ2v) is 5.66. The lowest BCUT2D eigenvalue weighted by Crippen LogP contribution is -2.09. The number of carboxylic acid groups (broad SMARTS) is 1. The maximum Gasteiger partial charge on any atom is 0.358 e. The number of unbranched alkanes of at least 4 members (excludes halogenated alkanes) is 2. The van der Waals surface area contributed by atoms with Crippen LogP contribution in [0.2, 0.25) is 0 Å². The van der Waals surface area contributed by atoms with Crippen LogP contribution in [0.5, 0.6) is 0 Å². The van der Waals surface area contributed by atoms with Crippen molar-refractivity contribution in [3.8, 4) is 0 Å². The molecule has 2 heterocycles. The van der Waals surface area contributed by atoms with Crippen LogP contribution in [-0.4, -0.2) is 31.1 Å². The SMILES string of the molecule is CCCCCn1nnc(C(=O)O)c1Cc1c[nH]c2ccccc12. The average Bonchev–Trinajstić information content (AvgIpc) is 3.13. The minimum atomic E-state index is -1.03. The summed E-state index contributed by atoms with van der Waals surface area (Å²) in [5.41, 5.74) is 2.82. The number of benzene rings is 1. The largest absolute Gasteiger partial charge is 0.476 e. The summed E-state index contributed by atoms with van der Waals surface area (Å²) in [6.45, 7) is 2.84. The van der Waals surface area contributed by atoms with Gasteiger partial charge in [0.05, 0.1) is 5.69 Å². The van der Waals surface area contributed by atoms with Gasteiger partial charge < -0.3 is 10.1 Å². The fourth-order valence-electron chi connectivity index (χ4n) is 2.82. The Morgan fingerprint density at radius 2 is 2.13 bits per heavy atom. The number of carboxylic acids is 1. The summed E-state index contributed by atoms with van der Waals surface area (Å²) < 4.78 is 1.74. The van der Waals surface area contributed by atoms with E-state index in [1.807, 2.05) is 30.5 Å². The minimum absolute atomic E-state index is 0.0479. The molecule has 0 spiro atoms. The van der Waals surface area contributed by atoms with Gasteiger partial charge in [-0.15, -0.1) is 5.10 Å². The molecule has 6 heteroatoms. The highest BCUT2D eigenvalue weighted by Crippen LogP contribution is 2.22. The maximum atomic E-state index is 11.4. The molecule has 6 nitrogen and oxygen atoms in total. The third-order valence-electron chi connectivity index (χ3n) is 4.05. The zero-order valence-corrected chi connectivity index (χ0v) is 13.1. The monoisotopic (exact) mass is 312 g/mol. The van der Waals surface area contributed by atoms with Crippen LogP contribution in [0.4, 0.5) is 0 Å². The van der Waals surface area contributed by atoms with Gasteiger partial charge in [-0.1, -0.05) is 43.2 Å². The molecule has 0 bridgehead atoms. The topological polar surface area (TPSA) is 83.8 Å². The van der Waals surface area contributed by atoms with E-state index in [0.29, 0.717) is 18.7 Å². The molecule has 2 aromatic heterocycles. The number of rotatable bonds is 7. The van der Waals surface area contributed by atoms with Crippen molar-refractivity contribution in [1.82, 2.24) is 20.0 Å². The highest BCUT2D eigenvalue weighted by atomic mass is 16.4. The smallest absolute Gasteiger partial charge is 0.358 e. The summed E-state index contributed by atoms with van der Waals surface area (Å²) in [4.78, 5) is 14.7. The zero-order chi connectivity index (χ0) is 16.2. The lowest BCUT2D eigenvalue weighted by atomic mass is 10.1. The molecule has 0 unspecified atom stereocenters. The van der Waals surface area contributed by atoms with Crippen molar-refractivity contribution < 1.29 is 9.90 Å². The van der Waals surface area contributed by atoms with Crippen molar-refractivity contribution in [1.29, 1.82) is 0 Å². The van der Waals surface area contributed by atoms with E-state index in [1.165, 1.54) is 0 Å². The predicted octanol–water partition coefficient (Wildman–Crippen LogP) is 3.24. The first-order chi connectivity index (χ1) is 11.2. The van der Waals surface area contributed by atoms with Gasteiger partial charge in [-0.2, -0.15) is 0 Å². The number of fused-ring (bicyclic) bond motifs is 1. The summed E-state index contributed by atoms with van der Waals surface area (Å²) >= 11 is 0. The summed E-state index contributed by atoms with van der Waals surface area (Å²) in [7, 11) is 0. The fourth-order valence-corrected chi connectivity index (χ4v) is 2.82. The van der Waals surface area contributed by atoms with Crippen molar-refractivity contribution in [2.24, 2.45) is 0 Å². The highest BCUT2D eigenvalue weighted by Gasteiger charge is 2.20. The van der Waals surface area contributed by atoms with Crippen LogP contribution in [0.15, 0.2) is 30.5 Å². The molecule has 0 aliphatic rings. The Kier molecular flexibility index (Phi) is 4.41.